The number of ether oxygens (including phenoxy) is 1. The fraction of sp³-hybridized carbons (Fsp3) is 0.512. The molecule has 2 saturated heterocycles. The van der Waals surface area contributed by atoms with Crippen molar-refractivity contribution < 1.29 is 36.4 Å². The highest BCUT2D eigenvalue weighted by Crippen LogP contribution is 2.45. The Morgan fingerprint density at radius 2 is 1.81 bits per heavy atom. The molecule has 288 valence electrons. The molecular weight excluding hydrogens is 696 g/mol. The number of rotatable bonds is 12. The first-order valence-electron chi connectivity index (χ1n) is 19.0. The highest BCUT2D eigenvalue weighted by molar-refractivity contribution is 5.79. The highest BCUT2D eigenvalue weighted by atomic mass is 19.4. The van der Waals surface area contributed by atoms with Crippen LogP contribution >= 0.6 is 0 Å². The predicted octanol–water partition coefficient (Wildman–Crippen LogP) is 8.14. The molecule has 6 rings (SSSR count). The van der Waals surface area contributed by atoms with Crippen molar-refractivity contribution in [2.45, 2.75) is 90.7 Å². The second-order valence-electron chi connectivity index (χ2n) is 15.8. The molecule has 2 aromatic rings. The van der Waals surface area contributed by atoms with E-state index in [1.165, 1.54) is 13.3 Å². The van der Waals surface area contributed by atoms with E-state index in [-0.39, 0.29) is 53.5 Å². The molecule has 3 atom stereocenters. The molecule has 0 bridgehead atoms. The molecule has 11 heteroatoms. The van der Waals surface area contributed by atoms with Crippen LogP contribution in [0.25, 0.3) is 11.1 Å². The smallest absolute Gasteiger partial charge is 0.416 e. The van der Waals surface area contributed by atoms with Crippen molar-refractivity contribution in [3.63, 3.8) is 0 Å². The monoisotopic (exact) mass is 747 g/mol. The van der Waals surface area contributed by atoms with E-state index in [0.717, 1.165) is 41.2 Å². The normalized spacial score (nSPS) is 20.9. The van der Waals surface area contributed by atoms with E-state index >= 15 is 4.79 Å². The summed E-state index contributed by atoms with van der Waals surface area (Å²) in [7, 11) is 1.31. The molecule has 1 amide bonds. The van der Waals surface area contributed by atoms with Crippen LogP contribution in [0.2, 0.25) is 0 Å². The largest absolute Gasteiger partial charge is 0.469 e. The van der Waals surface area contributed by atoms with Crippen molar-refractivity contribution in [3.05, 3.63) is 88.5 Å². The van der Waals surface area contributed by atoms with Crippen LogP contribution < -0.4 is 0 Å². The van der Waals surface area contributed by atoms with Crippen LogP contribution in [0.15, 0.2) is 66.0 Å². The van der Waals surface area contributed by atoms with Crippen molar-refractivity contribution in [1.82, 2.24) is 14.8 Å². The first kappa shape index (κ1) is 39.4. The Morgan fingerprint density at radius 1 is 1.11 bits per heavy atom. The Bertz CT molecular complexity index is 1890. The lowest BCUT2D eigenvalue weighted by Gasteiger charge is -2.38. The van der Waals surface area contributed by atoms with E-state index in [4.69, 9.17) is 9.72 Å². The third-order valence-electron chi connectivity index (χ3n) is 11.1. The maximum atomic E-state index is 15.2. The van der Waals surface area contributed by atoms with Gasteiger partial charge >= 0.3 is 18.1 Å². The SMILES string of the molecule is C=C1C=C(C(F)(F)F)C(CCN2CC[C@@H](F)C2)=CN1C(CC(C)C)C(=O)[N+]1([C@@H](CC(=O)OC)c2cc(-c3c(C)cccc3C)cc(C#CC3CC3)n2)CC1. The Kier molecular flexibility index (Phi) is 11.6. The lowest BCUT2D eigenvalue weighted by atomic mass is 9.93. The summed E-state index contributed by atoms with van der Waals surface area (Å²) in [6.45, 7) is 13.8. The number of aryl methyl sites for hydroxylation is 2. The molecule has 0 N–H and O–H groups in total. The van der Waals surface area contributed by atoms with E-state index in [2.05, 4.69) is 18.4 Å². The number of methoxy groups -OCH3 is 1. The standard InChI is InChI=1S/C43H51F4N4O3/c1-27(2)20-38(50-25-32(14-16-49-17-15-34(44)26-49)36(21-30(50)5)43(45,46)47)42(53)51(18-19-51)39(24-40(52)54-6)37-23-33(41-28(3)8-7-9-29(41)4)22-35(48-37)13-12-31-10-11-31/h7-9,21-23,25,27,31,34,38-39H,5,10-11,14-20,24,26H2,1-4,6H3/q+1/t34-,38?,39+/m1/s1. The van der Waals surface area contributed by atoms with Gasteiger partial charge in [0.2, 0.25) is 0 Å². The summed E-state index contributed by atoms with van der Waals surface area (Å²) in [5, 5.41) is 0. The first-order valence-corrected chi connectivity index (χ1v) is 19.0. The lowest BCUT2D eigenvalue weighted by Crippen LogP contribution is -2.51. The topological polar surface area (TPSA) is 62.7 Å². The fourth-order valence-corrected chi connectivity index (χ4v) is 7.92. The summed E-state index contributed by atoms with van der Waals surface area (Å²) in [5.74, 6) is 6.17. The number of pyridine rings is 1. The molecule has 7 nitrogen and oxygen atoms in total. The second kappa shape index (κ2) is 15.8. The summed E-state index contributed by atoms with van der Waals surface area (Å²) in [6.07, 6.45) is -0.480. The van der Waals surface area contributed by atoms with Crippen LogP contribution in [0, 0.1) is 37.5 Å². The first-order chi connectivity index (χ1) is 25.6. The highest BCUT2D eigenvalue weighted by Gasteiger charge is 2.60. The molecule has 1 saturated carbocycles. The van der Waals surface area contributed by atoms with Gasteiger partial charge in [0.25, 0.3) is 0 Å². The van der Waals surface area contributed by atoms with Crippen LogP contribution in [-0.4, -0.2) is 89.4 Å². The second-order valence-corrected chi connectivity index (χ2v) is 15.8. The molecule has 3 fully saturated rings. The summed E-state index contributed by atoms with van der Waals surface area (Å²) in [6, 6.07) is 8.39. The van der Waals surface area contributed by atoms with Gasteiger partial charge in [0.1, 0.15) is 49.2 Å². The Hall–Kier alpha value is -4.27. The molecule has 1 aromatic carbocycles. The number of allylic oxidation sites excluding steroid dienone is 2. The average molecular weight is 748 g/mol. The number of hydrogen-bond donors (Lipinski definition) is 0. The lowest BCUT2D eigenvalue weighted by molar-refractivity contribution is -0.757. The van der Waals surface area contributed by atoms with Gasteiger partial charge in [-0.1, -0.05) is 44.5 Å². The van der Waals surface area contributed by atoms with Crippen molar-refractivity contribution in [2.75, 3.05) is 39.8 Å². The Labute approximate surface area is 316 Å². The number of hydrogen-bond acceptors (Lipinski definition) is 6. The number of amides is 1. The number of carbonyl (C=O) groups excluding carboxylic acids is 2. The minimum Gasteiger partial charge on any atom is -0.469 e. The van der Waals surface area contributed by atoms with E-state index in [9.17, 15) is 22.4 Å². The number of aromatic nitrogens is 1. The van der Waals surface area contributed by atoms with Gasteiger partial charge in [-0.3, -0.25) is 4.79 Å². The number of esters is 1. The van der Waals surface area contributed by atoms with Crippen molar-refractivity contribution in [2.24, 2.45) is 11.8 Å². The van der Waals surface area contributed by atoms with E-state index in [1.807, 2.05) is 62.9 Å². The molecule has 1 aliphatic carbocycles. The van der Waals surface area contributed by atoms with Crippen molar-refractivity contribution in [3.8, 4) is 23.0 Å². The molecular formula is C43H51F4N4O3+. The molecule has 0 spiro atoms. The number of nitrogens with zero attached hydrogens (tertiary/aromatic N) is 4. The predicted molar refractivity (Wildman–Crippen MR) is 200 cm³/mol. The zero-order valence-electron chi connectivity index (χ0n) is 31.9. The molecule has 3 aliphatic heterocycles. The van der Waals surface area contributed by atoms with Crippen molar-refractivity contribution in [1.29, 1.82) is 0 Å². The van der Waals surface area contributed by atoms with Gasteiger partial charge in [0.15, 0.2) is 0 Å². The van der Waals surface area contributed by atoms with Crippen LogP contribution in [0.1, 0.15) is 80.9 Å². The Balaban J connectivity index is 1.41. The van der Waals surface area contributed by atoms with Crippen LogP contribution in [0.5, 0.6) is 0 Å². The van der Waals surface area contributed by atoms with E-state index < -0.39 is 36.0 Å². The van der Waals surface area contributed by atoms with Gasteiger partial charge in [-0.05, 0) is 104 Å². The fourth-order valence-electron chi connectivity index (χ4n) is 7.92. The number of alkyl halides is 4. The maximum Gasteiger partial charge on any atom is 0.416 e. The van der Waals surface area contributed by atoms with Gasteiger partial charge < -0.3 is 14.5 Å². The average Bonchev–Trinajstić information content (AvgIpc) is 4.05. The maximum absolute atomic E-state index is 15.2. The van der Waals surface area contributed by atoms with E-state index in [1.54, 1.807) is 4.90 Å². The number of benzene rings is 1. The van der Waals surface area contributed by atoms with Crippen LogP contribution in [0.4, 0.5) is 17.6 Å². The summed E-state index contributed by atoms with van der Waals surface area (Å²) >= 11 is 0. The minimum absolute atomic E-state index is 0.00322. The van der Waals surface area contributed by atoms with Crippen LogP contribution in [-0.2, 0) is 14.3 Å². The summed E-state index contributed by atoms with van der Waals surface area (Å²) < 4.78 is 62.3. The number of halogens is 4. The van der Waals surface area contributed by atoms with Gasteiger partial charge in [0, 0.05) is 37.4 Å². The molecule has 4 aliphatic rings. The number of carbonyl (C=O) groups is 2. The molecule has 4 heterocycles. The summed E-state index contributed by atoms with van der Waals surface area (Å²) in [4.78, 5) is 36.8. The van der Waals surface area contributed by atoms with Crippen LogP contribution in [0.3, 0.4) is 0 Å². The summed E-state index contributed by atoms with van der Waals surface area (Å²) in [5.41, 5.74) is 4.42. The zero-order valence-corrected chi connectivity index (χ0v) is 31.9. The number of likely N-dealkylation sites (tertiary alicyclic amines) is 1. The minimum atomic E-state index is -4.64. The third kappa shape index (κ3) is 8.82. The van der Waals surface area contributed by atoms with Crippen molar-refractivity contribution >= 4 is 11.9 Å². The van der Waals surface area contributed by atoms with Gasteiger partial charge in [-0.2, -0.15) is 13.2 Å². The van der Waals surface area contributed by atoms with Gasteiger partial charge in [-0.15, -0.1) is 0 Å². The molecule has 1 unspecified atom stereocenters. The van der Waals surface area contributed by atoms with Gasteiger partial charge in [-0.25, -0.2) is 18.7 Å². The Morgan fingerprint density at radius 3 is 2.39 bits per heavy atom. The zero-order chi connectivity index (χ0) is 38.9. The molecule has 54 heavy (non-hydrogen) atoms. The number of quaternary nitrogens is 1. The molecule has 1 aromatic heterocycles. The quantitative estimate of drug-likeness (QED) is 0.0719. The third-order valence-corrected chi connectivity index (χ3v) is 11.1. The van der Waals surface area contributed by atoms with Gasteiger partial charge in [0.05, 0.1) is 12.7 Å². The van der Waals surface area contributed by atoms with E-state index in [0.29, 0.717) is 49.8 Å². The molecule has 0 radical (unpaired) electrons.